The molecule has 0 aliphatic carbocycles. The van der Waals surface area contributed by atoms with Crippen molar-refractivity contribution in [2.75, 3.05) is 6.54 Å². The van der Waals surface area contributed by atoms with Crippen LogP contribution in [-0.4, -0.2) is 62.7 Å². The maximum atomic E-state index is 12.0. The van der Waals surface area contributed by atoms with Gasteiger partial charge in [-0.25, -0.2) is 4.79 Å². The van der Waals surface area contributed by atoms with Crippen LogP contribution in [0.5, 0.6) is 0 Å². The molecule has 9 nitrogen and oxygen atoms in total. The van der Waals surface area contributed by atoms with Crippen molar-refractivity contribution in [1.82, 2.24) is 4.90 Å². The fourth-order valence-corrected chi connectivity index (χ4v) is 2.16. The third-order valence-corrected chi connectivity index (χ3v) is 3.22. The minimum Gasteiger partial charge on any atom is -0.481 e. The van der Waals surface area contributed by atoms with Crippen LogP contribution in [0.15, 0.2) is 0 Å². The molecule has 1 rings (SSSR count). The molecule has 9 heteroatoms. The number of hydrogen-bond donors (Lipinski definition) is 4. The summed E-state index contributed by atoms with van der Waals surface area (Å²) in [7, 11) is 0. The molecule has 2 atom stereocenters. The molecule has 0 aromatic rings. The van der Waals surface area contributed by atoms with E-state index in [-0.39, 0.29) is 6.54 Å². The lowest BCUT2D eigenvalue weighted by Crippen LogP contribution is -2.49. The second-order valence-corrected chi connectivity index (χ2v) is 4.60. The Kier molecular flexibility index (Phi) is 5.03. The van der Waals surface area contributed by atoms with Crippen molar-refractivity contribution in [3.05, 3.63) is 0 Å². The molecule has 1 saturated heterocycles. The first-order valence-electron chi connectivity index (χ1n) is 6.00. The van der Waals surface area contributed by atoms with Gasteiger partial charge in [0.1, 0.15) is 6.04 Å². The highest BCUT2D eigenvalue weighted by molar-refractivity contribution is 5.94. The van der Waals surface area contributed by atoms with Gasteiger partial charge in [0, 0.05) is 6.54 Å². The molecular weight excluding hydrogens is 272 g/mol. The molecule has 5 N–H and O–H groups in total. The number of carbonyl (C=O) groups is 4. The molecule has 1 heterocycles. The number of carbonyl (C=O) groups excluding carboxylic acids is 1. The summed E-state index contributed by atoms with van der Waals surface area (Å²) in [5, 5.41) is 26.4. The molecule has 0 bridgehead atoms. The van der Waals surface area contributed by atoms with Crippen LogP contribution in [0, 0.1) is 5.92 Å². The first-order chi connectivity index (χ1) is 9.25. The van der Waals surface area contributed by atoms with Gasteiger partial charge in [-0.3, -0.25) is 14.4 Å². The highest BCUT2D eigenvalue weighted by atomic mass is 16.4. The molecule has 1 amide bonds. The Morgan fingerprint density at radius 3 is 2.15 bits per heavy atom. The fourth-order valence-electron chi connectivity index (χ4n) is 2.16. The highest BCUT2D eigenvalue weighted by Crippen LogP contribution is 2.19. The quantitative estimate of drug-likeness (QED) is 0.433. The van der Waals surface area contributed by atoms with Crippen LogP contribution >= 0.6 is 0 Å². The Morgan fingerprint density at radius 2 is 1.70 bits per heavy atom. The molecule has 20 heavy (non-hydrogen) atoms. The van der Waals surface area contributed by atoms with Gasteiger partial charge < -0.3 is 26.0 Å². The lowest BCUT2D eigenvalue weighted by atomic mass is 9.99. The normalized spacial score (nSPS) is 19.9. The smallest absolute Gasteiger partial charge is 0.326 e. The lowest BCUT2D eigenvalue weighted by Gasteiger charge is -2.25. The molecule has 0 unspecified atom stereocenters. The van der Waals surface area contributed by atoms with Gasteiger partial charge in [0.2, 0.25) is 5.91 Å². The van der Waals surface area contributed by atoms with Gasteiger partial charge in [-0.1, -0.05) is 0 Å². The van der Waals surface area contributed by atoms with Gasteiger partial charge in [-0.15, -0.1) is 0 Å². The van der Waals surface area contributed by atoms with Gasteiger partial charge >= 0.3 is 17.9 Å². The minimum absolute atomic E-state index is 0.217. The molecule has 0 spiro atoms. The maximum Gasteiger partial charge on any atom is 0.326 e. The first-order valence-corrected chi connectivity index (χ1v) is 6.00. The summed E-state index contributed by atoms with van der Waals surface area (Å²) in [5.74, 6) is -6.85. The van der Waals surface area contributed by atoms with E-state index in [4.69, 9.17) is 21.1 Å². The Bertz CT molecular complexity index is 422. The number of likely N-dealkylation sites (tertiary alicyclic amines) is 1. The third kappa shape index (κ3) is 3.44. The predicted molar refractivity (Wildman–Crippen MR) is 63.7 cm³/mol. The van der Waals surface area contributed by atoms with Gasteiger partial charge in [0.05, 0.1) is 6.04 Å². The highest BCUT2D eigenvalue weighted by Gasteiger charge is 2.38. The van der Waals surface area contributed by atoms with Crippen LogP contribution < -0.4 is 5.73 Å². The van der Waals surface area contributed by atoms with Gasteiger partial charge in [-0.2, -0.15) is 0 Å². The summed E-state index contributed by atoms with van der Waals surface area (Å²) in [4.78, 5) is 45.5. The average Bonchev–Trinajstić information content (AvgIpc) is 2.82. The van der Waals surface area contributed by atoms with Gasteiger partial charge in [-0.05, 0) is 19.3 Å². The number of amides is 1. The summed E-state index contributed by atoms with van der Waals surface area (Å²) in [6.45, 7) is 0.217. The van der Waals surface area contributed by atoms with Crippen LogP contribution in [-0.2, 0) is 19.2 Å². The topological polar surface area (TPSA) is 158 Å². The van der Waals surface area contributed by atoms with Gasteiger partial charge in [0.25, 0.3) is 0 Å². The molecule has 1 aliphatic rings. The average molecular weight is 288 g/mol. The number of carboxylic acids is 3. The number of carboxylic acid groups (broad SMARTS) is 3. The number of rotatable bonds is 6. The van der Waals surface area contributed by atoms with Crippen molar-refractivity contribution in [3.63, 3.8) is 0 Å². The van der Waals surface area contributed by atoms with Crippen LogP contribution in [0.2, 0.25) is 0 Å². The standard InChI is InChI=1S/C11H16N2O7/c12-6(4-5(9(15)16)10(17)18)8(14)13-3-1-2-7(13)11(19)20/h5-7H,1-4,12H2,(H,15,16)(H,17,18)(H,19,20)/t6-,7-/m0/s1. The van der Waals surface area contributed by atoms with Crippen molar-refractivity contribution in [1.29, 1.82) is 0 Å². The Hall–Kier alpha value is -2.16. The zero-order chi connectivity index (χ0) is 15.4. The Morgan fingerprint density at radius 1 is 1.15 bits per heavy atom. The van der Waals surface area contributed by atoms with E-state index in [2.05, 4.69) is 0 Å². The molecule has 0 aromatic heterocycles. The monoisotopic (exact) mass is 288 g/mol. The minimum atomic E-state index is -1.79. The summed E-state index contributed by atoms with van der Waals surface area (Å²) in [6.07, 6.45) is 0.234. The predicted octanol–water partition coefficient (Wildman–Crippen LogP) is -1.44. The molecule has 1 aliphatic heterocycles. The molecule has 0 radical (unpaired) electrons. The molecule has 112 valence electrons. The number of nitrogens with zero attached hydrogens (tertiary/aromatic N) is 1. The number of aliphatic carboxylic acids is 3. The van der Waals surface area contributed by atoms with E-state index in [0.29, 0.717) is 12.8 Å². The van der Waals surface area contributed by atoms with Crippen LogP contribution in [0.1, 0.15) is 19.3 Å². The Labute approximate surface area is 114 Å². The van der Waals surface area contributed by atoms with E-state index in [0.717, 1.165) is 4.90 Å². The summed E-state index contributed by atoms with van der Waals surface area (Å²) in [5.41, 5.74) is 5.53. The Balaban J connectivity index is 2.74. The molecule has 0 saturated carbocycles. The molecule has 1 fully saturated rings. The van der Waals surface area contributed by atoms with Crippen LogP contribution in [0.3, 0.4) is 0 Å². The zero-order valence-electron chi connectivity index (χ0n) is 10.6. The third-order valence-electron chi connectivity index (χ3n) is 3.22. The van der Waals surface area contributed by atoms with E-state index in [1.165, 1.54) is 0 Å². The number of hydrogen-bond acceptors (Lipinski definition) is 5. The maximum absolute atomic E-state index is 12.0. The second-order valence-electron chi connectivity index (χ2n) is 4.60. The van der Waals surface area contributed by atoms with Crippen molar-refractivity contribution in [3.8, 4) is 0 Å². The summed E-state index contributed by atoms with van der Waals surface area (Å²) in [6, 6.07) is -2.34. The van der Waals surface area contributed by atoms with Crippen molar-refractivity contribution < 1.29 is 34.5 Å². The van der Waals surface area contributed by atoms with E-state index >= 15 is 0 Å². The van der Waals surface area contributed by atoms with Crippen molar-refractivity contribution in [2.45, 2.75) is 31.3 Å². The second kappa shape index (κ2) is 6.33. The SMILES string of the molecule is N[C@@H](CC(C(=O)O)C(=O)O)C(=O)N1CCC[C@H]1C(=O)O. The van der Waals surface area contributed by atoms with E-state index in [1.807, 2.05) is 0 Å². The largest absolute Gasteiger partial charge is 0.481 e. The van der Waals surface area contributed by atoms with E-state index in [1.54, 1.807) is 0 Å². The van der Waals surface area contributed by atoms with Crippen molar-refractivity contribution in [2.24, 2.45) is 11.7 Å². The van der Waals surface area contributed by atoms with Crippen LogP contribution in [0.4, 0.5) is 0 Å². The summed E-state index contributed by atoms with van der Waals surface area (Å²) >= 11 is 0. The first kappa shape index (κ1) is 15.9. The zero-order valence-corrected chi connectivity index (χ0v) is 10.6. The lowest BCUT2D eigenvalue weighted by molar-refractivity contribution is -0.156. The number of nitrogens with two attached hydrogens (primary N) is 1. The fraction of sp³-hybridized carbons (Fsp3) is 0.636. The van der Waals surface area contributed by atoms with E-state index < -0.39 is 48.2 Å². The van der Waals surface area contributed by atoms with Gasteiger partial charge in [0.15, 0.2) is 5.92 Å². The molecular formula is C11H16N2O7. The van der Waals surface area contributed by atoms with Crippen molar-refractivity contribution >= 4 is 23.8 Å². The summed E-state index contributed by atoms with van der Waals surface area (Å²) < 4.78 is 0. The van der Waals surface area contributed by atoms with Crippen LogP contribution in [0.25, 0.3) is 0 Å². The molecule has 0 aromatic carbocycles. The van der Waals surface area contributed by atoms with E-state index in [9.17, 15) is 19.2 Å².